The van der Waals surface area contributed by atoms with Gasteiger partial charge in [-0.1, -0.05) is 36.4 Å². The lowest BCUT2D eigenvalue weighted by molar-refractivity contribution is 0.469. The van der Waals surface area contributed by atoms with E-state index in [0.717, 1.165) is 16.6 Å². The van der Waals surface area contributed by atoms with Gasteiger partial charge in [0.25, 0.3) is 0 Å². The molecular formula is C22H19N3O2. The molecule has 5 heteroatoms. The SMILES string of the molecule is Cc1ccc2ccc([C@H](Nc3ccccn3)c3cccc(O)c3)c(O)c2n1. The Kier molecular flexibility index (Phi) is 4.34. The van der Waals surface area contributed by atoms with Gasteiger partial charge in [-0.25, -0.2) is 9.97 Å². The van der Waals surface area contributed by atoms with Crippen LogP contribution in [0.25, 0.3) is 10.9 Å². The highest BCUT2D eigenvalue weighted by Crippen LogP contribution is 2.37. The Morgan fingerprint density at radius 2 is 1.78 bits per heavy atom. The maximum absolute atomic E-state index is 11.0. The van der Waals surface area contributed by atoms with Crippen molar-refractivity contribution in [3.63, 3.8) is 0 Å². The number of anilines is 1. The molecule has 0 spiro atoms. The Morgan fingerprint density at radius 1 is 0.926 bits per heavy atom. The standard InChI is InChI=1S/C22H19N3O2/c1-14-8-9-15-10-11-18(22(27)21(15)24-14)20(16-5-4-6-17(26)13-16)25-19-7-2-3-12-23-19/h2-13,20,26-27H,1H3,(H,23,25)/t20-/m1/s1. The lowest BCUT2D eigenvalue weighted by Gasteiger charge is -2.22. The second-order valence-electron chi connectivity index (χ2n) is 6.42. The summed E-state index contributed by atoms with van der Waals surface area (Å²) in [4.78, 5) is 8.82. The van der Waals surface area contributed by atoms with E-state index in [0.29, 0.717) is 16.9 Å². The molecule has 27 heavy (non-hydrogen) atoms. The van der Waals surface area contributed by atoms with Gasteiger partial charge in [-0.15, -0.1) is 0 Å². The summed E-state index contributed by atoms with van der Waals surface area (Å²) in [6, 6.07) is 19.8. The highest BCUT2D eigenvalue weighted by atomic mass is 16.3. The number of pyridine rings is 2. The van der Waals surface area contributed by atoms with Gasteiger partial charge in [-0.05, 0) is 42.8 Å². The van der Waals surface area contributed by atoms with Gasteiger partial charge in [0.1, 0.15) is 22.8 Å². The Balaban J connectivity index is 1.87. The molecule has 134 valence electrons. The zero-order valence-corrected chi connectivity index (χ0v) is 14.8. The van der Waals surface area contributed by atoms with Crippen molar-refractivity contribution >= 4 is 16.7 Å². The lowest BCUT2D eigenvalue weighted by atomic mass is 9.96. The van der Waals surface area contributed by atoms with Crippen molar-refractivity contribution < 1.29 is 10.2 Å². The largest absolute Gasteiger partial charge is 0.508 e. The quantitative estimate of drug-likeness (QED) is 0.499. The molecule has 0 amide bonds. The number of aromatic hydroxyl groups is 2. The van der Waals surface area contributed by atoms with Crippen molar-refractivity contribution in [2.24, 2.45) is 0 Å². The number of rotatable bonds is 4. The molecule has 2 heterocycles. The molecule has 2 aromatic heterocycles. The maximum atomic E-state index is 11.0. The monoisotopic (exact) mass is 357 g/mol. The van der Waals surface area contributed by atoms with Gasteiger partial charge in [0.2, 0.25) is 0 Å². The van der Waals surface area contributed by atoms with E-state index in [-0.39, 0.29) is 11.5 Å². The van der Waals surface area contributed by atoms with Crippen LogP contribution in [-0.2, 0) is 0 Å². The van der Waals surface area contributed by atoms with Crippen molar-refractivity contribution in [1.82, 2.24) is 9.97 Å². The number of nitrogens with zero attached hydrogens (tertiary/aromatic N) is 2. The predicted octanol–water partition coefficient (Wildman–Crippen LogP) is 4.55. The molecule has 3 N–H and O–H groups in total. The van der Waals surface area contributed by atoms with Crippen molar-refractivity contribution in [3.05, 3.63) is 89.7 Å². The van der Waals surface area contributed by atoms with Gasteiger partial charge >= 0.3 is 0 Å². The minimum Gasteiger partial charge on any atom is -0.508 e. The van der Waals surface area contributed by atoms with Crippen LogP contribution in [0.2, 0.25) is 0 Å². The number of hydrogen-bond donors (Lipinski definition) is 3. The van der Waals surface area contributed by atoms with Crippen LogP contribution in [0.15, 0.2) is 72.9 Å². The predicted molar refractivity (Wildman–Crippen MR) is 106 cm³/mol. The molecule has 4 rings (SSSR count). The molecule has 0 aliphatic carbocycles. The average molecular weight is 357 g/mol. The van der Waals surface area contributed by atoms with Crippen molar-refractivity contribution in [2.45, 2.75) is 13.0 Å². The second-order valence-corrected chi connectivity index (χ2v) is 6.42. The van der Waals surface area contributed by atoms with E-state index in [1.54, 1.807) is 24.4 Å². The van der Waals surface area contributed by atoms with Crippen molar-refractivity contribution in [3.8, 4) is 11.5 Å². The normalized spacial score (nSPS) is 12.0. The summed E-state index contributed by atoms with van der Waals surface area (Å²) < 4.78 is 0. The first kappa shape index (κ1) is 16.8. The number of nitrogens with one attached hydrogen (secondary N) is 1. The molecule has 0 aliphatic rings. The van der Waals surface area contributed by atoms with Gasteiger partial charge < -0.3 is 15.5 Å². The number of aryl methyl sites for hydroxylation is 1. The second kappa shape index (κ2) is 6.96. The number of aromatic nitrogens is 2. The fraction of sp³-hybridized carbons (Fsp3) is 0.0909. The van der Waals surface area contributed by atoms with Gasteiger partial charge in [0.05, 0.1) is 6.04 Å². The van der Waals surface area contributed by atoms with Crippen molar-refractivity contribution in [2.75, 3.05) is 5.32 Å². The first-order valence-corrected chi connectivity index (χ1v) is 8.67. The molecule has 5 nitrogen and oxygen atoms in total. The zero-order chi connectivity index (χ0) is 18.8. The van der Waals surface area contributed by atoms with Crippen LogP contribution < -0.4 is 5.32 Å². The van der Waals surface area contributed by atoms with Gasteiger partial charge in [0, 0.05) is 22.8 Å². The van der Waals surface area contributed by atoms with Crippen LogP contribution in [0.5, 0.6) is 11.5 Å². The molecule has 0 unspecified atom stereocenters. The summed E-state index contributed by atoms with van der Waals surface area (Å²) in [6.45, 7) is 1.89. The summed E-state index contributed by atoms with van der Waals surface area (Å²) in [5, 5.41) is 25.1. The summed E-state index contributed by atoms with van der Waals surface area (Å²) in [7, 11) is 0. The third kappa shape index (κ3) is 3.40. The van der Waals surface area contributed by atoms with Crippen LogP contribution in [0, 0.1) is 6.92 Å². The van der Waals surface area contributed by atoms with Crippen LogP contribution in [-0.4, -0.2) is 20.2 Å². The molecule has 0 aliphatic heterocycles. The first-order valence-electron chi connectivity index (χ1n) is 8.67. The molecule has 1 atom stereocenters. The number of phenols is 2. The fourth-order valence-corrected chi connectivity index (χ4v) is 3.16. The van der Waals surface area contributed by atoms with Crippen molar-refractivity contribution in [1.29, 1.82) is 0 Å². The molecule has 4 aromatic rings. The minimum absolute atomic E-state index is 0.118. The summed E-state index contributed by atoms with van der Waals surface area (Å²) in [5.74, 6) is 0.949. The number of hydrogen-bond acceptors (Lipinski definition) is 5. The van der Waals surface area contributed by atoms with E-state index in [1.165, 1.54) is 0 Å². The molecule has 0 bridgehead atoms. The number of benzene rings is 2. The Bertz CT molecular complexity index is 1100. The van der Waals surface area contributed by atoms with Crippen LogP contribution in [0.3, 0.4) is 0 Å². The van der Waals surface area contributed by atoms with E-state index in [2.05, 4.69) is 15.3 Å². The fourth-order valence-electron chi connectivity index (χ4n) is 3.16. The smallest absolute Gasteiger partial charge is 0.147 e. The first-order chi connectivity index (χ1) is 13.1. The number of phenolic OH excluding ortho intramolecular Hbond substituents is 2. The molecule has 0 fully saturated rings. The van der Waals surface area contributed by atoms with Gasteiger partial charge in [0.15, 0.2) is 0 Å². The van der Waals surface area contributed by atoms with E-state index >= 15 is 0 Å². The Morgan fingerprint density at radius 3 is 2.56 bits per heavy atom. The number of fused-ring (bicyclic) bond motifs is 1. The summed E-state index contributed by atoms with van der Waals surface area (Å²) in [5.41, 5.74) is 2.86. The van der Waals surface area contributed by atoms with Crippen LogP contribution in [0.4, 0.5) is 5.82 Å². The minimum atomic E-state index is -0.404. The summed E-state index contributed by atoms with van der Waals surface area (Å²) >= 11 is 0. The third-order valence-corrected chi connectivity index (χ3v) is 4.48. The van der Waals surface area contributed by atoms with E-state index in [9.17, 15) is 10.2 Å². The molecule has 0 saturated heterocycles. The maximum Gasteiger partial charge on any atom is 0.147 e. The molecular weight excluding hydrogens is 338 g/mol. The van der Waals surface area contributed by atoms with E-state index in [1.807, 2.05) is 55.5 Å². The molecule has 0 saturated carbocycles. The molecule has 0 radical (unpaired) electrons. The topological polar surface area (TPSA) is 78.3 Å². The van der Waals surface area contributed by atoms with Crippen LogP contribution in [0.1, 0.15) is 22.9 Å². The van der Waals surface area contributed by atoms with E-state index in [4.69, 9.17) is 0 Å². The highest BCUT2D eigenvalue weighted by Gasteiger charge is 2.21. The van der Waals surface area contributed by atoms with Gasteiger partial charge in [-0.3, -0.25) is 0 Å². The third-order valence-electron chi connectivity index (χ3n) is 4.48. The van der Waals surface area contributed by atoms with Gasteiger partial charge in [-0.2, -0.15) is 0 Å². The molecule has 2 aromatic carbocycles. The lowest BCUT2D eigenvalue weighted by Crippen LogP contribution is -2.13. The summed E-state index contributed by atoms with van der Waals surface area (Å²) in [6.07, 6.45) is 1.70. The average Bonchev–Trinajstić information content (AvgIpc) is 2.68. The van der Waals surface area contributed by atoms with Crippen LogP contribution >= 0.6 is 0 Å². The van der Waals surface area contributed by atoms with E-state index < -0.39 is 6.04 Å². The highest BCUT2D eigenvalue weighted by molar-refractivity contribution is 5.86. The Labute approximate surface area is 157 Å². The zero-order valence-electron chi connectivity index (χ0n) is 14.8. The Hall–Kier alpha value is -3.60.